The maximum absolute atomic E-state index is 14.0. The third-order valence-electron chi connectivity index (χ3n) is 4.33. The highest BCUT2D eigenvalue weighted by molar-refractivity contribution is 5.90. The highest BCUT2D eigenvalue weighted by atomic mass is 19.2. The minimum absolute atomic E-state index is 0.220. The Hall–Kier alpha value is -3.44. The van der Waals surface area contributed by atoms with Crippen LogP contribution in [0.4, 0.5) is 26.3 Å². The van der Waals surface area contributed by atoms with E-state index in [0.29, 0.717) is 18.6 Å². The molecule has 0 saturated heterocycles. The third-order valence-corrected chi connectivity index (χ3v) is 4.33. The van der Waals surface area contributed by atoms with Crippen LogP contribution in [0.15, 0.2) is 12.1 Å². The van der Waals surface area contributed by atoms with Crippen molar-refractivity contribution in [2.75, 3.05) is 27.4 Å². The zero-order valence-corrected chi connectivity index (χ0v) is 17.4. The van der Waals surface area contributed by atoms with Crippen LogP contribution >= 0.6 is 0 Å². The van der Waals surface area contributed by atoms with Gasteiger partial charge < -0.3 is 18.9 Å². The number of hydrogen-bond acceptors (Lipinski definition) is 6. The van der Waals surface area contributed by atoms with Crippen molar-refractivity contribution in [2.24, 2.45) is 0 Å². The molecule has 0 unspecified atom stereocenters. The lowest BCUT2D eigenvalue weighted by atomic mass is 10.1. The van der Waals surface area contributed by atoms with E-state index in [9.17, 15) is 35.9 Å². The molecule has 0 saturated carbocycles. The van der Waals surface area contributed by atoms with Gasteiger partial charge in [0.15, 0.2) is 34.8 Å². The van der Waals surface area contributed by atoms with Gasteiger partial charge in [-0.15, -0.1) is 0 Å². The summed E-state index contributed by atoms with van der Waals surface area (Å²) in [6.45, 7) is -0.439. The van der Waals surface area contributed by atoms with Crippen LogP contribution < -0.4 is 9.47 Å². The van der Waals surface area contributed by atoms with Crippen molar-refractivity contribution in [3.63, 3.8) is 0 Å². The normalized spacial score (nSPS) is 10.7. The summed E-state index contributed by atoms with van der Waals surface area (Å²) in [5.74, 6) is -13.5. The summed E-state index contributed by atoms with van der Waals surface area (Å²) in [5.41, 5.74) is -1.69. The molecule has 0 aliphatic heterocycles. The number of benzene rings is 2. The Labute approximate surface area is 184 Å². The first kappa shape index (κ1) is 25.8. The number of ether oxygens (including phenoxy) is 4. The lowest BCUT2D eigenvalue weighted by Crippen LogP contribution is -2.12. The molecule has 2 aromatic rings. The van der Waals surface area contributed by atoms with Crippen LogP contribution in [0.5, 0.6) is 11.5 Å². The summed E-state index contributed by atoms with van der Waals surface area (Å²) in [4.78, 5) is 23.8. The summed E-state index contributed by atoms with van der Waals surface area (Å²) in [6, 6.07) is 0.697. The fourth-order valence-electron chi connectivity index (χ4n) is 2.68. The molecule has 12 heteroatoms. The van der Waals surface area contributed by atoms with Gasteiger partial charge in [0.1, 0.15) is 11.1 Å². The lowest BCUT2D eigenvalue weighted by Gasteiger charge is -2.10. The molecular weight excluding hydrogens is 462 g/mol. The van der Waals surface area contributed by atoms with Gasteiger partial charge in [-0.1, -0.05) is 0 Å². The first-order chi connectivity index (χ1) is 15.6. The molecule has 0 aliphatic carbocycles. The number of hydrogen-bond donors (Lipinski definition) is 0. The Morgan fingerprint density at radius 3 is 1.33 bits per heavy atom. The number of esters is 2. The molecule has 33 heavy (non-hydrogen) atoms. The SMILES string of the molecule is COc1c(F)c(F)cc(C(=O)OCCCCCOC(=O)c2cc(F)c(F)c(OC)c2F)c1F. The van der Waals surface area contributed by atoms with Crippen molar-refractivity contribution in [1.29, 1.82) is 0 Å². The van der Waals surface area contributed by atoms with Crippen LogP contribution in [-0.4, -0.2) is 39.4 Å². The van der Waals surface area contributed by atoms with E-state index in [0.717, 1.165) is 14.2 Å². The summed E-state index contributed by atoms with van der Waals surface area (Å²) in [5, 5.41) is 0. The smallest absolute Gasteiger partial charge is 0.341 e. The first-order valence-corrected chi connectivity index (χ1v) is 9.41. The molecule has 0 heterocycles. The largest absolute Gasteiger partial charge is 0.491 e. The van der Waals surface area contributed by atoms with Gasteiger partial charge in [0.05, 0.1) is 27.4 Å². The van der Waals surface area contributed by atoms with Gasteiger partial charge in [-0.05, 0) is 31.4 Å². The average Bonchev–Trinajstić information content (AvgIpc) is 2.78. The number of rotatable bonds is 10. The van der Waals surface area contributed by atoms with Gasteiger partial charge in [-0.2, -0.15) is 8.78 Å². The first-order valence-electron chi connectivity index (χ1n) is 9.41. The molecule has 0 aliphatic rings. The van der Waals surface area contributed by atoms with E-state index in [1.54, 1.807) is 0 Å². The highest BCUT2D eigenvalue weighted by Gasteiger charge is 2.25. The fourth-order valence-corrected chi connectivity index (χ4v) is 2.68. The van der Waals surface area contributed by atoms with Crippen molar-refractivity contribution in [3.05, 3.63) is 58.2 Å². The number of carbonyl (C=O) groups is 2. The van der Waals surface area contributed by atoms with E-state index in [2.05, 4.69) is 9.47 Å². The molecule has 0 spiro atoms. The minimum atomic E-state index is -1.58. The van der Waals surface area contributed by atoms with Crippen LogP contribution in [0.3, 0.4) is 0 Å². The molecular formula is C21H18F6O6. The Morgan fingerprint density at radius 1 is 0.636 bits per heavy atom. The van der Waals surface area contributed by atoms with Gasteiger partial charge in [-0.3, -0.25) is 0 Å². The molecule has 0 amide bonds. The molecule has 0 radical (unpaired) electrons. The molecule has 0 N–H and O–H groups in total. The molecule has 0 bridgehead atoms. The molecule has 2 aromatic carbocycles. The molecule has 0 aromatic heterocycles. The van der Waals surface area contributed by atoms with Gasteiger partial charge in [0.25, 0.3) is 0 Å². The van der Waals surface area contributed by atoms with Gasteiger partial charge in [-0.25, -0.2) is 27.2 Å². The number of halogens is 6. The fraction of sp³-hybridized carbons (Fsp3) is 0.333. The second kappa shape index (κ2) is 11.4. The molecule has 2 rings (SSSR count). The molecule has 6 nitrogen and oxygen atoms in total. The predicted molar refractivity (Wildman–Crippen MR) is 100 cm³/mol. The summed E-state index contributed by atoms with van der Waals surface area (Å²) in [7, 11) is 1.81. The summed E-state index contributed by atoms with van der Waals surface area (Å²) in [6.07, 6.45) is 0.770. The molecule has 0 atom stereocenters. The quantitative estimate of drug-likeness (QED) is 0.212. The predicted octanol–water partition coefficient (Wildman–Crippen LogP) is 4.72. The summed E-state index contributed by atoms with van der Waals surface area (Å²) >= 11 is 0. The highest BCUT2D eigenvalue weighted by Crippen LogP contribution is 2.28. The maximum Gasteiger partial charge on any atom is 0.341 e. The van der Waals surface area contributed by atoms with Crippen molar-refractivity contribution in [3.8, 4) is 11.5 Å². The van der Waals surface area contributed by atoms with Crippen LogP contribution in [0.25, 0.3) is 0 Å². The molecule has 0 fully saturated rings. The van der Waals surface area contributed by atoms with E-state index in [-0.39, 0.29) is 26.1 Å². The van der Waals surface area contributed by atoms with Gasteiger partial charge >= 0.3 is 11.9 Å². The lowest BCUT2D eigenvalue weighted by molar-refractivity contribution is 0.0471. The van der Waals surface area contributed by atoms with Gasteiger partial charge in [0, 0.05) is 0 Å². The van der Waals surface area contributed by atoms with Crippen LogP contribution in [-0.2, 0) is 9.47 Å². The van der Waals surface area contributed by atoms with Crippen LogP contribution in [0.2, 0.25) is 0 Å². The van der Waals surface area contributed by atoms with Crippen molar-refractivity contribution >= 4 is 11.9 Å². The number of methoxy groups -OCH3 is 2. The second-order valence-corrected chi connectivity index (χ2v) is 6.47. The Bertz CT molecular complexity index is 961. The summed E-state index contributed by atoms with van der Waals surface area (Å²) < 4.78 is 100. The van der Waals surface area contributed by atoms with Crippen molar-refractivity contribution in [2.45, 2.75) is 19.3 Å². The Balaban J connectivity index is 1.79. The van der Waals surface area contributed by atoms with E-state index >= 15 is 0 Å². The zero-order chi connectivity index (χ0) is 24.7. The molecule has 180 valence electrons. The number of unbranched alkanes of at least 4 members (excludes halogenated alkanes) is 2. The zero-order valence-electron chi connectivity index (χ0n) is 17.4. The maximum atomic E-state index is 14.0. The van der Waals surface area contributed by atoms with Crippen LogP contribution in [0, 0.1) is 34.9 Å². The monoisotopic (exact) mass is 480 g/mol. The second-order valence-electron chi connectivity index (χ2n) is 6.47. The minimum Gasteiger partial charge on any atom is -0.491 e. The van der Waals surface area contributed by atoms with E-state index in [1.165, 1.54) is 0 Å². The van der Waals surface area contributed by atoms with E-state index in [4.69, 9.17) is 9.47 Å². The third kappa shape index (κ3) is 5.88. The average molecular weight is 480 g/mol. The van der Waals surface area contributed by atoms with Crippen molar-refractivity contribution < 1.29 is 54.9 Å². The number of carbonyl (C=O) groups excluding carboxylic acids is 2. The van der Waals surface area contributed by atoms with Gasteiger partial charge in [0.2, 0.25) is 11.6 Å². The van der Waals surface area contributed by atoms with E-state index in [1.807, 2.05) is 0 Å². The topological polar surface area (TPSA) is 71.1 Å². The van der Waals surface area contributed by atoms with Crippen molar-refractivity contribution in [1.82, 2.24) is 0 Å². The Morgan fingerprint density at radius 2 is 1.00 bits per heavy atom. The standard InChI is InChI=1S/C21H18F6O6/c1-30-18-14(24)10(8-12(22)16(18)26)20(28)32-6-4-3-5-7-33-21(29)11-9-13(23)17(27)19(31-2)15(11)25/h8-9H,3-7H2,1-2H3. The van der Waals surface area contributed by atoms with Crippen LogP contribution in [0.1, 0.15) is 40.0 Å². The van der Waals surface area contributed by atoms with E-state index < -0.39 is 69.5 Å². The Kier molecular flexibility index (Phi) is 8.94.